The fourth-order valence-corrected chi connectivity index (χ4v) is 4.38. The zero-order valence-corrected chi connectivity index (χ0v) is 17.3. The Labute approximate surface area is 179 Å². The van der Waals surface area contributed by atoms with Crippen LogP contribution in [0.2, 0.25) is 0 Å². The molecule has 1 atom stereocenters. The number of morpholine rings is 1. The van der Waals surface area contributed by atoms with Gasteiger partial charge in [-0.15, -0.1) is 0 Å². The van der Waals surface area contributed by atoms with Crippen molar-refractivity contribution in [3.05, 3.63) is 70.9 Å². The lowest BCUT2D eigenvalue weighted by molar-refractivity contribution is -0.139. The second kappa shape index (κ2) is 8.75. The fraction of sp³-hybridized carbons (Fsp3) is 0.375. The highest BCUT2D eigenvalue weighted by Gasteiger charge is 2.37. The average Bonchev–Trinajstić information content (AvgIpc) is 3.21. The highest BCUT2D eigenvalue weighted by molar-refractivity contribution is 5.88. The van der Waals surface area contributed by atoms with Crippen LogP contribution >= 0.6 is 0 Å². The minimum absolute atomic E-state index is 0.0313. The summed E-state index contributed by atoms with van der Waals surface area (Å²) >= 11 is 0. The van der Waals surface area contributed by atoms with Gasteiger partial charge in [0.2, 0.25) is 5.91 Å². The Morgan fingerprint density at radius 2 is 1.84 bits per heavy atom. The molecule has 1 aliphatic rings. The van der Waals surface area contributed by atoms with Crippen LogP contribution in [0.15, 0.2) is 48.7 Å². The van der Waals surface area contributed by atoms with Gasteiger partial charge in [0.05, 0.1) is 18.8 Å². The molecule has 2 aromatic carbocycles. The maximum absolute atomic E-state index is 13.9. The van der Waals surface area contributed by atoms with Crippen molar-refractivity contribution in [3.8, 4) is 0 Å². The Morgan fingerprint density at radius 3 is 2.55 bits per heavy atom. The second-order valence-electron chi connectivity index (χ2n) is 7.77. The smallest absolute Gasteiger partial charge is 0.378 e. The van der Waals surface area contributed by atoms with Crippen LogP contribution in [0.3, 0.4) is 0 Å². The van der Waals surface area contributed by atoms with Crippen molar-refractivity contribution in [2.24, 2.45) is 0 Å². The van der Waals surface area contributed by atoms with Crippen LogP contribution in [0, 0.1) is 0 Å². The summed E-state index contributed by atoms with van der Waals surface area (Å²) in [6, 6.07) is 11.4. The molecule has 0 saturated carbocycles. The van der Waals surface area contributed by atoms with E-state index in [1.165, 1.54) is 12.1 Å². The highest BCUT2D eigenvalue weighted by Crippen LogP contribution is 2.41. The van der Waals surface area contributed by atoms with Gasteiger partial charge in [-0.2, -0.15) is 13.2 Å². The standard InChI is InChI=1S/C24H25F3N2O2/c1-2-16-6-5-8-18-20(15-28-23(16)18)19(14-22(30)29-10-12-31-13-11-29)17-7-3-4-9-21(17)24(25,26)27/h3-9,15,19,28H,2,10-14H2,1H3. The molecular formula is C24H25F3N2O2. The Bertz CT molecular complexity index is 1070. The monoisotopic (exact) mass is 430 g/mol. The van der Waals surface area contributed by atoms with Gasteiger partial charge in [-0.1, -0.05) is 43.3 Å². The van der Waals surface area contributed by atoms with E-state index < -0.39 is 17.7 Å². The van der Waals surface area contributed by atoms with Gasteiger partial charge in [0.1, 0.15) is 0 Å². The predicted octanol–water partition coefficient (Wildman–Crippen LogP) is 5.13. The van der Waals surface area contributed by atoms with Crippen LogP contribution in [0.1, 0.15) is 41.5 Å². The van der Waals surface area contributed by atoms with E-state index in [2.05, 4.69) is 4.98 Å². The van der Waals surface area contributed by atoms with Crippen LogP contribution in [0.5, 0.6) is 0 Å². The van der Waals surface area contributed by atoms with Crippen molar-refractivity contribution in [2.75, 3.05) is 26.3 Å². The first-order chi connectivity index (χ1) is 14.9. The quantitative estimate of drug-likeness (QED) is 0.610. The van der Waals surface area contributed by atoms with E-state index in [9.17, 15) is 18.0 Å². The summed E-state index contributed by atoms with van der Waals surface area (Å²) in [5, 5.41) is 0.858. The molecule has 7 heteroatoms. The number of carbonyl (C=O) groups is 1. The topological polar surface area (TPSA) is 45.3 Å². The maximum Gasteiger partial charge on any atom is 0.416 e. The molecule has 3 aromatic rings. The van der Waals surface area contributed by atoms with Gasteiger partial charge in [-0.05, 0) is 29.2 Å². The van der Waals surface area contributed by atoms with E-state index in [4.69, 9.17) is 4.74 Å². The number of halogens is 3. The third-order valence-electron chi connectivity index (χ3n) is 5.97. The molecule has 0 aliphatic carbocycles. The largest absolute Gasteiger partial charge is 0.416 e. The van der Waals surface area contributed by atoms with Crippen LogP contribution in [0.4, 0.5) is 13.2 Å². The third-order valence-corrected chi connectivity index (χ3v) is 5.97. The SMILES string of the molecule is CCc1cccc2c(C(CC(=O)N3CCOCC3)c3ccccc3C(F)(F)F)c[nH]c12. The van der Waals surface area contributed by atoms with Crippen LogP contribution in [-0.2, 0) is 22.1 Å². The number of aromatic nitrogens is 1. The molecule has 0 radical (unpaired) electrons. The number of aromatic amines is 1. The number of amides is 1. The number of fused-ring (bicyclic) bond motifs is 1. The minimum Gasteiger partial charge on any atom is -0.378 e. The van der Waals surface area contributed by atoms with E-state index in [1.807, 2.05) is 25.1 Å². The summed E-state index contributed by atoms with van der Waals surface area (Å²) in [5.41, 5.74) is 2.14. The number of carbonyl (C=O) groups excluding carboxylic acids is 1. The fourth-order valence-electron chi connectivity index (χ4n) is 4.38. The number of alkyl halides is 3. The van der Waals surface area contributed by atoms with Gasteiger partial charge in [0.15, 0.2) is 0 Å². The van der Waals surface area contributed by atoms with Crippen molar-refractivity contribution < 1.29 is 22.7 Å². The minimum atomic E-state index is -4.50. The molecule has 1 aliphatic heterocycles. The Kier molecular flexibility index (Phi) is 6.05. The first-order valence-electron chi connectivity index (χ1n) is 10.5. The Balaban J connectivity index is 1.82. The highest BCUT2D eigenvalue weighted by atomic mass is 19.4. The second-order valence-corrected chi connectivity index (χ2v) is 7.77. The lowest BCUT2D eigenvalue weighted by Gasteiger charge is -2.29. The summed E-state index contributed by atoms with van der Waals surface area (Å²) in [5.74, 6) is -0.875. The molecule has 0 spiro atoms. The first-order valence-corrected chi connectivity index (χ1v) is 10.5. The number of hydrogen-bond acceptors (Lipinski definition) is 2. The number of H-pyrrole nitrogens is 1. The number of ether oxygens (including phenoxy) is 1. The first kappa shape index (κ1) is 21.4. The molecule has 1 aromatic heterocycles. The zero-order valence-electron chi connectivity index (χ0n) is 17.3. The van der Waals surface area contributed by atoms with Gasteiger partial charge in [-0.3, -0.25) is 4.79 Å². The molecule has 164 valence electrons. The van der Waals surface area contributed by atoms with Gasteiger partial charge in [-0.25, -0.2) is 0 Å². The number of nitrogens with one attached hydrogen (secondary N) is 1. The number of nitrogens with zero attached hydrogens (tertiary/aromatic N) is 1. The van der Waals surface area contributed by atoms with Gasteiger partial charge in [0, 0.05) is 42.5 Å². The molecule has 1 fully saturated rings. The number of rotatable bonds is 5. The molecule has 1 amide bonds. The lowest BCUT2D eigenvalue weighted by Crippen LogP contribution is -2.41. The maximum atomic E-state index is 13.9. The van der Waals surface area contributed by atoms with E-state index in [0.29, 0.717) is 31.9 Å². The molecule has 1 saturated heterocycles. The normalized spacial score (nSPS) is 15.9. The van der Waals surface area contributed by atoms with Crippen LogP contribution in [-0.4, -0.2) is 42.1 Å². The van der Waals surface area contributed by atoms with Gasteiger partial charge < -0.3 is 14.6 Å². The molecular weight excluding hydrogens is 405 g/mol. The molecule has 31 heavy (non-hydrogen) atoms. The van der Waals surface area contributed by atoms with E-state index >= 15 is 0 Å². The molecule has 2 heterocycles. The average molecular weight is 430 g/mol. The summed E-state index contributed by atoms with van der Waals surface area (Å²) in [6.45, 7) is 3.85. The van der Waals surface area contributed by atoms with Gasteiger partial charge >= 0.3 is 6.18 Å². The van der Waals surface area contributed by atoms with Crippen LogP contribution < -0.4 is 0 Å². The number of aryl methyl sites for hydroxylation is 1. The van der Waals surface area contributed by atoms with Gasteiger partial charge in [0.25, 0.3) is 0 Å². The third kappa shape index (κ3) is 4.32. The summed E-state index contributed by atoms with van der Waals surface area (Å²) in [4.78, 5) is 18.0. The molecule has 0 bridgehead atoms. The van der Waals surface area contributed by atoms with Crippen molar-refractivity contribution in [1.82, 2.24) is 9.88 Å². The van der Waals surface area contributed by atoms with Crippen LogP contribution in [0.25, 0.3) is 10.9 Å². The molecule has 1 unspecified atom stereocenters. The molecule has 4 rings (SSSR count). The Morgan fingerprint density at radius 1 is 1.10 bits per heavy atom. The Hall–Kier alpha value is -2.80. The molecule has 4 nitrogen and oxygen atoms in total. The van der Waals surface area contributed by atoms with Crippen molar-refractivity contribution in [2.45, 2.75) is 31.9 Å². The summed E-state index contributed by atoms with van der Waals surface area (Å²) < 4.78 is 46.9. The van der Waals surface area contributed by atoms with E-state index in [1.54, 1.807) is 17.2 Å². The van der Waals surface area contributed by atoms with Crippen molar-refractivity contribution in [1.29, 1.82) is 0 Å². The zero-order chi connectivity index (χ0) is 22.0. The number of para-hydroxylation sites is 1. The van der Waals surface area contributed by atoms with E-state index in [-0.39, 0.29) is 17.9 Å². The van der Waals surface area contributed by atoms with Crippen molar-refractivity contribution >= 4 is 16.8 Å². The number of hydrogen-bond donors (Lipinski definition) is 1. The van der Waals surface area contributed by atoms with E-state index in [0.717, 1.165) is 29.0 Å². The molecule has 1 N–H and O–H groups in total. The number of benzene rings is 2. The lowest BCUT2D eigenvalue weighted by atomic mass is 9.84. The summed E-state index contributed by atoms with van der Waals surface area (Å²) in [7, 11) is 0. The van der Waals surface area contributed by atoms with Crippen molar-refractivity contribution in [3.63, 3.8) is 0 Å². The summed E-state index contributed by atoms with van der Waals surface area (Å²) in [6.07, 6.45) is -1.98. The predicted molar refractivity (Wildman–Crippen MR) is 113 cm³/mol.